The Morgan fingerprint density at radius 2 is 1.83 bits per heavy atom. The molecule has 0 atom stereocenters. The van der Waals surface area contributed by atoms with Crippen molar-refractivity contribution >= 4 is 33.3 Å². The van der Waals surface area contributed by atoms with Gasteiger partial charge in [0.25, 0.3) is 5.91 Å². The van der Waals surface area contributed by atoms with Crippen molar-refractivity contribution in [3.8, 4) is 5.75 Å². The van der Waals surface area contributed by atoms with Crippen LogP contribution < -0.4 is 9.64 Å². The number of carbonyl (C=O) groups excluding carboxylic acids is 1. The summed E-state index contributed by atoms with van der Waals surface area (Å²) in [5.74, 6) is 3.21. The Morgan fingerprint density at radius 1 is 1.10 bits per heavy atom. The second kappa shape index (κ2) is 7.54. The second-order valence-electron chi connectivity index (χ2n) is 8.12. The quantitative estimate of drug-likeness (QED) is 0.632. The van der Waals surface area contributed by atoms with Gasteiger partial charge in [-0.05, 0) is 44.4 Å². The molecule has 1 saturated carbocycles. The van der Waals surface area contributed by atoms with Gasteiger partial charge in [-0.25, -0.2) is 9.97 Å². The van der Waals surface area contributed by atoms with Crippen molar-refractivity contribution < 1.29 is 9.53 Å². The topological polar surface area (TPSA) is 58.6 Å². The molecule has 2 aromatic heterocycles. The largest absolute Gasteiger partial charge is 0.496 e. The summed E-state index contributed by atoms with van der Waals surface area (Å²) in [6.07, 6.45) is 2.38. The highest BCUT2D eigenvalue weighted by Gasteiger charge is 2.31. The minimum atomic E-state index is 0.0289. The number of nitrogens with zero attached hydrogens (tertiary/aromatic N) is 4. The molecule has 30 heavy (non-hydrogen) atoms. The van der Waals surface area contributed by atoms with Crippen LogP contribution in [0.5, 0.6) is 5.75 Å². The standard InChI is InChI=1S/C23H26N4O2S/c1-14-15(2)30-22-19(14)21(24-20(25-22)16-8-9-16)26-10-12-27(13-11-26)23(28)17-6-4-5-7-18(17)29-3/h4-7,16H,8-13H2,1-3H3. The smallest absolute Gasteiger partial charge is 0.257 e. The van der Waals surface area contributed by atoms with Crippen molar-refractivity contribution in [3.05, 3.63) is 46.1 Å². The maximum Gasteiger partial charge on any atom is 0.257 e. The molecular formula is C23H26N4O2S. The first-order valence-corrected chi connectivity index (χ1v) is 11.3. The van der Waals surface area contributed by atoms with Crippen LogP contribution in [-0.4, -0.2) is 54.1 Å². The van der Waals surface area contributed by atoms with Crippen LogP contribution in [0.3, 0.4) is 0 Å². The van der Waals surface area contributed by atoms with E-state index < -0.39 is 0 Å². The van der Waals surface area contributed by atoms with Crippen molar-refractivity contribution in [2.24, 2.45) is 0 Å². The van der Waals surface area contributed by atoms with Gasteiger partial charge in [-0.15, -0.1) is 11.3 Å². The summed E-state index contributed by atoms with van der Waals surface area (Å²) in [5.41, 5.74) is 1.90. The summed E-state index contributed by atoms with van der Waals surface area (Å²) in [4.78, 5) is 29.6. The number of hydrogen-bond acceptors (Lipinski definition) is 6. The summed E-state index contributed by atoms with van der Waals surface area (Å²) < 4.78 is 5.38. The molecule has 0 bridgehead atoms. The highest BCUT2D eigenvalue weighted by atomic mass is 32.1. The van der Waals surface area contributed by atoms with Gasteiger partial charge in [-0.2, -0.15) is 0 Å². The molecule has 1 aliphatic heterocycles. The van der Waals surface area contributed by atoms with Crippen LogP contribution in [0.15, 0.2) is 24.3 Å². The number of amides is 1. The molecule has 7 heteroatoms. The van der Waals surface area contributed by atoms with Gasteiger partial charge < -0.3 is 14.5 Å². The average Bonchev–Trinajstić information content (AvgIpc) is 3.59. The van der Waals surface area contributed by atoms with Gasteiger partial charge in [0.2, 0.25) is 0 Å². The number of aryl methyl sites for hydroxylation is 2. The Balaban J connectivity index is 1.40. The van der Waals surface area contributed by atoms with Gasteiger partial charge in [-0.3, -0.25) is 4.79 Å². The van der Waals surface area contributed by atoms with E-state index >= 15 is 0 Å². The third-order valence-corrected chi connectivity index (χ3v) is 7.27. The molecular weight excluding hydrogens is 396 g/mol. The molecule has 1 saturated heterocycles. The summed E-state index contributed by atoms with van der Waals surface area (Å²) in [6, 6.07) is 7.43. The molecule has 2 fully saturated rings. The lowest BCUT2D eigenvalue weighted by Gasteiger charge is -2.36. The van der Waals surface area contributed by atoms with E-state index in [1.165, 1.54) is 28.7 Å². The number of methoxy groups -OCH3 is 1. The fourth-order valence-electron chi connectivity index (χ4n) is 4.11. The van der Waals surface area contributed by atoms with Gasteiger partial charge in [0.15, 0.2) is 0 Å². The van der Waals surface area contributed by atoms with Gasteiger partial charge >= 0.3 is 0 Å². The second-order valence-corrected chi connectivity index (χ2v) is 9.33. The predicted octanol–water partition coefficient (Wildman–Crippen LogP) is 4.16. The fraction of sp³-hybridized carbons (Fsp3) is 0.435. The average molecular weight is 423 g/mol. The highest BCUT2D eigenvalue weighted by Crippen LogP contribution is 2.42. The number of benzene rings is 1. The molecule has 3 heterocycles. The van der Waals surface area contributed by atoms with E-state index in [-0.39, 0.29) is 5.91 Å². The number of fused-ring (bicyclic) bond motifs is 1. The lowest BCUT2D eigenvalue weighted by molar-refractivity contribution is 0.0743. The predicted molar refractivity (Wildman–Crippen MR) is 120 cm³/mol. The van der Waals surface area contributed by atoms with Crippen molar-refractivity contribution in [2.45, 2.75) is 32.6 Å². The van der Waals surface area contributed by atoms with E-state index in [1.807, 2.05) is 29.2 Å². The molecule has 0 spiro atoms. The number of hydrogen-bond donors (Lipinski definition) is 0. The third kappa shape index (κ3) is 3.31. The molecule has 1 aliphatic carbocycles. The maximum absolute atomic E-state index is 13.0. The maximum atomic E-state index is 13.0. The van der Waals surface area contributed by atoms with Gasteiger partial charge in [0.05, 0.1) is 18.1 Å². The number of anilines is 1. The van der Waals surface area contributed by atoms with Crippen molar-refractivity contribution in [3.63, 3.8) is 0 Å². The number of carbonyl (C=O) groups is 1. The van der Waals surface area contributed by atoms with Crippen LogP contribution in [0, 0.1) is 13.8 Å². The number of thiophene rings is 1. The number of rotatable bonds is 4. The van der Waals surface area contributed by atoms with Gasteiger partial charge in [-0.1, -0.05) is 12.1 Å². The van der Waals surface area contributed by atoms with E-state index in [1.54, 1.807) is 18.4 Å². The first-order chi connectivity index (χ1) is 14.6. The molecule has 2 aliphatic rings. The highest BCUT2D eigenvalue weighted by molar-refractivity contribution is 7.18. The Labute approximate surface area is 180 Å². The normalized spacial score (nSPS) is 16.9. The summed E-state index contributed by atoms with van der Waals surface area (Å²) in [5, 5.41) is 1.19. The summed E-state index contributed by atoms with van der Waals surface area (Å²) in [6.45, 7) is 7.20. The van der Waals surface area contributed by atoms with Gasteiger partial charge in [0.1, 0.15) is 22.2 Å². The van der Waals surface area contributed by atoms with E-state index in [2.05, 4.69) is 18.7 Å². The SMILES string of the molecule is COc1ccccc1C(=O)N1CCN(c2nc(C3CC3)nc3sc(C)c(C)c23)CC1. The van der Waals surface area contributed by atoms with Crippen molar-refractivity contribution in [1.82, 2.24) is 14.9 Å². The molecule has 1 amide bonds. The monoisotopic (exact) mass is 422 g/mol. The van der Waals surface area contributed by atoms with Crippen LogP contribution in [0.1, 0.15) is 45.4 Å². The number of aromatic nitrogens is 2. The Hall–Kier alpha value is -2.67. The third-order valence-electron chi connectivity index (χ3n) is 6.17. The van der Waals surface area contributed by atoms with E-state index in [4.69, 9.17) is 14.7 Å². The molecule has 3 aromatic rings. The van der Waals surface area contributed by atoms with Gasteiger partial charge in [0, 0.05) is 37.0 Å². The zero-order valence-corrected chi connectivity index (χ0v) is 18.5. The lowest BCUT2D eigenvalue weighted by Crippen LogP contribution is -2.49. The molecule has 0 unspecified atom stereocenters. The number of piperazine rings is 1. The number of para-hydroxylation sites is 1. The summed E-state index contributed by atoms with van der Waals surface area (Å²) in [7, 11) is 1.60. The summed E-state index contributed by atoms with van der Waals surface area (Å²) >= 11 is 1.77. The molecule has 1 aromatic carbocycles. The van der Waals surface area contributed by atoms with Crippen LogP contribution in [0.4, 0.5) is 5.82 Å². The minimum absolute atomic E-state index is 0.0289. The molecule has 6 nitrogen and oxygen atoms in total. The number of ether oxygens (including phenoxy) is 1. The molecule has 156 valence electrons. The van der Waals surface area contributed by atoms with E-state index in [0.717, 1.165) is 29.6 Å². The van der Waals surface area contributed by atoms with E-state index in [0.29, 0.717) is 30.3 Å². The van der Waals surface area contributed by atoms with Crippen LogP contribution in [-0.2, 0) is 0 Å². The lowest BCUT2D eigenvalue weighted by atomic mass is 10.1. The fourth-order valence-corrected chi connectivity index (χ4v) is 5.14. The Bertz CT molecular complexity index is 1110. The van der Waals surface area contributed by atoms with Crippen LogP contribution in [0.25, 0.3) is 10.2 Å². The van der Waals surface area contributed by atoms with Crippen LogP contribution in [0.2, 0.25) is 0 Å². The Morgan fingerprint density at radius 3 is 2.53 bits per heavy atom. The van der Waals surface area contributed by atoms with Crippen molar-refractivity contribution in [2.75, 3.05) is 38.2 Å². The minimum Gasteiger partial charge on any atom is -0.496 e. The zero-order valence-electron chi connectivity index (χ0n) is 17.6. The molecule has 0 radical (unpaired) electrons. The first-order valence-electron chi connectivity index (χ1n) is 10.5. The Kier molecular flexibility index (Phi) is 4.85. The van der Waals surface area contributed by atoms with Crippen molar-refractivity contribution in [1.29, 1.82) is 0 Å². The first kappa shape index (κ1) is 19.3. The van der Waals surface area contributed by atoms with Crippen LogP contribution >= 0.6 is 11.3 Å². The molecule has 0 N–H and O–H groups in total. The van der Waals surface area contributed by atoms with E-state index in [9.17, 15) is 4.79 Å². The zero-order chi connectivity index (χ0) is 20.8. The molecule has 5 rings (SSSR count).